The highest BCUT2D eigenvalue weighted by atomic mass is 16.8. The number of methoxy groups -OCH3 is 1. The summed E-state index contributed by atoms with van der Waals surface area (Å²) in [6.07, 6.45) is -0.318. The van der Waals surface area contributed by atoms with Crippen LogP contribution in [0, 0.1) is 0 Å². The minimum absolute atomic E-state index is 0.000509. The Balaban J connectivity index is 1.72. The number of hydrogen-bond acceptors (Lipinski definition) is 5. The summed E-state index contributed by atoms with van der Waals surface area (Å²) < 4.78 is 22.8. The molecule has 0 amide bonds. The topological polar surface area (TPSA) is 39.9 Å². The molecule has 0 saturated carbocycles. The fourth-order valence-electron chi connectivity index (χ4n) is 2.49. The normalized spacial score (nSPS) is 45.9. The molecule has 0 aliphatic carbocycles. The van der Waals surface area contributed by atoms with Crippen LogP contribution in [-0.2, 0) is 18.9 Å². The van der Waals surface area contributed by atoms with Crippen molar-refractivity contribution in [3.63, 3.8) is 0 Å². The van der Waals surface area contributed by atoms with Crippen LogP contribution in [0.25, 0.3) is 0 Å². The summed E-state index contributed by atoms with van der Waals surface area (Å²) in [5.74, 6) is -0.521. The maximum atomic E-state index is 5.89. The minimum atomic E-state index is -0.521. The lowest BCUT2D eigenvalue weighted by molar-refractivity contribution is -0.227. The first kappa shape index (κ1) is 10.9. The lowest BCUT2D eigenvalue weighted by Gasteiger charge is -2.23. The molecule has 5 nitrogen and oxygen atoms in total. The number of ether oxygens (including phenoxy) is 4. The lowest BCUT2D eigenvalue weighted by Crippen LogP contribution is -2.34. The third kappa shape index (κ3) is 1.87. The molecule has 5 heteroatoms. The van der Waals surface area contributed by atoms with E-state index in [-0.39, 0.29) is 24.6 Å². The van der Waals surface area contributed by atoms with Crippen molar-refractivity contribution in [2.45, 2.75) is 44.2 Å². The molecule has 0 aromatic carbocycles. The summed E-state index contributed by atoms with van der Waals surface area (Å²) in [6.45, 7) is 7.12. The highest BCUT2D eigenvalue weighted by Crippen LogP contribution is 2.39. The molecule has 0 aromatic rings. The van der Waals surface area contributed by atoms with Crippen molar-refractivity contribution < 1.29 is 18.9 Å². The molecule has 0 aromatic heterocycles. The van der Waals surface area contributed by atoms with Crippen molar-refractivity contribution in [3.8, 4) is 0 Å². The Morgan fingerprint density at radius 2 is 1.94 bits per heavy atom. The second-order valence-electron chi connectivity index (χ2n) is 5.14. The van der Waals surface area contributed by atoms with Gasteiger partial charge in [-0.1, -0.05) is 0 Å². The van der Waals surface area contributed by atoms with Crippen LogP contribution in [0.4, 0.5) is 0 Å². The zero-order valence-electron chi connectivity index (χ0n) is 10.0. The van der Waals surface area contributed by atoms with Gasteiger partial charge in [-0.05, 0) is 13.8 Å². The summed E-state index contributed by atoms with van der Waals surface area (Å²) in [5.41, 5.74) is 0. The molecule has 3 aliphatic rings. The number of hydrogen-bond donors (Lipinski definition) is 0. The van der Waals surface area contributed by atoms with Crippen molar-refractivity contribution >= 4 is 0 Å². The Morgan fingerprint density at radius 3 is 2.56 bits per heavy atom. The van der Waals surface area contributed by atoms with E-state index in [0.717, 1.165) is 6.54 Å². The average Bonchev–Trinajstić information content (AvgIpc) is 2.89. The SMILES string of the molecule is COC1OC(CN2CC2)C2OC(C)(C)OC12. The zero-order valence-corrected chi connectivity index (χ0v) is 10.0. The van der Waals surface area contributed by atoms with E-state index in [1.807, 2.05) is 13.8 Å². The largest absolute Gasteiger partial charge is 0.353 e. The summed E-state index contributed by atoms with van der Waals surface area (Å²) in [5, 5.41) is 0. The third-order valence-corrected chi connectivity index (χ3v) is 3.32. The summed E-state index contributed by atoms with van der Waals surface area (Å²) >= 11 is 0. The molecular formula is C11H19NO4. The monoisotopic (exact) mass is 229 g/mol. The molecule has 92 valence electrons. The smallest absolute Gasteiger partial charge is 0.186 e. The van der Waals surface area contributed by atoms with Crippen LogP contribution in [0.5, 0.6) is 0 Å². The molecule has 0 N–H and O–H groups in total. The molecule has 3 rings (SSSR count). The molecular weight excluding hydrogens is 210 g/mol. The van der Waals surface area contributed by atoms with E-state index in [4.69, 9.17) is 18.9 Å². The molecule has 16 heavy (non-hydrogen) atoms. The second-order valence-corrected chi connectivity index (χ2v) is 5.14. The van der Waals surface area contributed by atoms with Crippen LogP contribution in [0.2, 0.25) is 0 Å². The minimum Gasteiger partial charge on any atom is -0.353 e. The van der Waals surface area contributed by atoms with Crippen LogP contribution < -0.4 is 0 Å². The molecule has 3 saturated heterocycles. The lowest BCUT2D eigenvalue weighted by atomic mass is 10.1. The van der Waals surface area contributed by atoms with Gasteiger partial charge in [-0.25, -0.2) is 0 Å². The van der Waals surface area contributed by atoms with Crippen LogP contribution in [0.3, 0.4) is 0 Å². The first-order chi connectivity index (χ1) is 7.59. The van der Waals surface area contributed by atoms with Gasteiger partial charge in [-0.2, -0.15) is 0 Å². The predicted molar refractivity (Wildman–Crippen MR) is 55.9 cm³/mol. The van der Waals surface area contributed by atoms with Gasteiger partial charge in [0, 0.05) is 26.7 Å². The summed E-state index contributed by atoms with van der Waals surface area (Å²) in [7, 11) is 1.65. The maximum absolute atomic E-state index is 5.89. The Morgan fingerprint density at radius 1 is 1.25 bits per heavy atom. The van der Waals surface area contributed by atoms with Gasteiger partial charge in [0.05, 0.1) is 0 Å². The molecule has 3 aliphatic heterocycles. The van der Waals surface area contributed by atoms with Crippen molar-refractivity contribution in [2.75, 3.05) is 26.7 Å². The van der Waals surface area contributed by atoms with Gasteiger partial charge in [0.2, 0.25) is 0 Å². The standard InChI is InChI=1S/C11H19NO4/c1-11(2)15-8-7(6-12-4-5-12)14-10(13-3)9(8)16-11/h7-10H,4-6H2,1-3H3. The fraction of sp³-hybridized carbons (Fsp3) is 1.00. The van der Waals surface area contributed by atoms with Crippen LogP contribution in [0.1, 0.15) is 13.8 Å². The predicted octanol–water partition coefficient (Wildman–Crippen LogP) is 0.193. The van der Waals surface area contributed by atoms with Gasteiger partial charge in [-0.3, -0.25) is 4.90 Å². The second kappa shape index (κ2) is 3.65. The van der Waals surface area contributed by atoms with Crippen molar-refractivity contribution in [1.82, 2.24) is 4.90 Å². The quantitative estimate of drug-likeness (QED) is 0.646. The van der Waals surface area contributed by atoms with Crippen LogP contribution in [-0.4, -0.2) is 62.0 Å². The Labute approximate surface area is 95.6 Å². The molecule has 4 unspecified atom stereocenters. The van der Waals surface area contributed by atoms with E-state index in [1.54, 1.807) is 7.11 Å². The van der Waals surface area contributed by atoms with Gasteiger partial charge >= 0.3 is 0 Å². The van der Waals surface area contributed by atoms with E-state index in [9.17, 15) is 0 Å². The van der Waals surface area contributed by atoms with E-state index < -0.39 is 5.79 Å². The van der Waals surface area contributed by atoms with E-state index in [0.29, 0.717) is 0 Å². The van der Waals surface area contributed by atoms with Crippen molar-refractivity contribution in [3.05, 3.63) is 0 Å². The number of nitrogens with zero attached hydrogens (tertiary/aromatic N) is 1. The van der Waals surface area contributed by atoms with E-state index >= 15 is 0 Å². The van der Waals surface area contributed by atoms with Gasteiger partial charge < -0.3 is 18.9 Å². The Kier molecular flexibility index (Phi) is 2.49. The number of rotatable bonds is 3. The van der Waals surface area contributed by atoms with Gasteiger partial charge in [0.25, 0.3) is 0 Å². The van der Waals surface area contributed by atoms with E-state index in [2.05, 4.69) is 4.90 Å². The number of fused-ring (bicyclic) bond motifs is 1. The average molecular weight is 229 g/mol. The molecule has 3 fully saturated rings. The van der Waals surface area contributed by atoms with Crippen molar-refractivity contribution in [1.29, 1.82) is 0 Å². The molecule has 0 radical (unpaired) electrons. The van der Waals surface area contributed by atoms with Gasteiger partial charge in [0.1, 0.15) is 18.3 Å². The van der Waals surface area contributed by atoms with Gasteiger partial charge in [-0.15, -0.1) is 0 Å². The third-order valence-electron chi connectivity index (χ3n) is 3.32. The highest BCUT2D eigenvalue weighted by Gasteiger charge is 2.56. The Hall–Kier alpha value is -0.200. The Bertz CT molecular complexity index is 279. The molecule has 0 bridgehead atoms. The summed E-state index contributed by atoms with van der Waals surface area (Å²) in [6, 6.07) is 0. The van der Waals surface area contributed by atoms with Crippen molar-refractivity contribution in [2.24, 2.45) is 0 Å². The summed E-state index contributed by atoms with van der Waals surface area (Å²) in [4.78, 5) is 2.33. The first-order valence-corrected chi connectivity index (χ1v) is 5.85. The molecule has 3 heterocycles. The maximum Gasteiger partial charge on any atom is 0.186 e. The fourth-order valence-corrected chi connectivity index (χ4v) is 2.49. The highest BCUT2D eigenvalue weighted by molar-refractivity contribution is 4.97. The van der Waals surface area contributed by atoms with Gasteiger partial charge in [0.15, 0.2) is 12.1 Å². The first-order valence-electron chi connectivity index (χ1n) is 5.85. The van der Waals surface area contributed by atoms with E-state index in [1.165, 1.54) is 13.1 Å². The van der Waals surface area contributed by atoms with Crippen LogP contribution in [0.15, 0.2) is 0 Å². The van der Waals surface area contributed by atoms with Crippen LogP contribution >= 0.6 is 0 Å². The molecule has 0 spiro atoms. The molecule has 4 atom stereocenters. The zero-order chi connectivity index (χ0) is 11.3.